The minimum Gasteiger partial charge on any atom is -0.481 e. The maximum atomic E-state index is 9.08. The van der Waals surface area contributed by atoms with Crippen molar-refractivity contribution in [3.63, 3.8) is 0 Å². The molecule has 0 unspecified atom stereocenters. The molecule has 4 heteroatoms. The van der Waals surface area contributed by atoms with Gasteiger partial charge in [0.15, 0.2) is 0 Å². The third-order valence-corrected chi connectivity index (χ3v) is 5.03. The van der Waals surface area contributed by atoms with Crippen LogP contribution < -0.4 is 10.1 Å². The Bertz CT molecular complexity index is 785. The number of methoxy groups -OCH3 is 1. The number of hydrogen-bond acceptors (Lipinski definition) is 4. The first kappa shape index (κ1) is 16.5. The summed E-state index contributed by atoms with van der Waals surface area (Å²) in [6, 6.07) is 6.17. The van der Waals surface area contributed by atoms with E-state index >= 15 is 0 Å². The summed E-state index contributed by atoms with van der Waals surface area (Å²) in [6.45, 7) is 8.56. The molecular formula is C20H23N3O. The first-order chi connectivity index (χ1) is 11.5. The van der Waals surface area contributed by atoms with E-state index in [4.69, 9.17) is 15.0 Å². The summed E-state index contributed by atoms with van der Waals surface area (Å²) < 4.78 is 5.31. The summed E-state index contributed by atoms with van der Waals surface area (Å²) in [5.41, 5.74) is 5.21. The molecule has 2 aliphatic carbocycles. The molecule has 1 aromatic heterocycles. The molecule has 0 aliphatic heterocycles. The highest BCUT2D eigenvalue weighted by Crippen LogP contribution is 2.49. The van der Waals surface area contributed by atoms with Gasteiger partial charge in [0.2, 0.25) is 5.88 Å². The van der Waals surface area contributed by atoms with E-state index in [0.717, 1.165) is 18.5 Å². The smallest absolute Gasteiger partial charge is 0.213 e. The second-order valence-corrected chi connectivity index (χ2v) is 6.57. The number of nitriles is 1. The highest BCUT2D eigenvalue weighted by atomic mass is 16.5. The third-order valence-electron chi connectivity index (χ3n) is 5.03. The number of aromatic nitrogens is 1. The van der Waals surface area contributed by atoms with Crippen LogP contribution in [0.3, 0.4) is 0 Å². The van der Waals surface area contributed by atoms with Crippen molar-refractivity contribution in [1.82, 2.24) is 10.3 Å². The maximum absolute atomic E-state index is 9.08. The molecule has 0 saturated carbocycles. The second kappa shape index (κ2) is 6.26. The molecule has 1 N–H and O–H groups in total. The van der Waals surface area contributed by atoms with Gasteiger partial charge in [0.05, 0.1) is 24.4 Å². The Morgan fingerprint density at radius 2 is 2.38 bits per heavy atom. The van der Waals surface area contributed by atoms with Crippen LogP contribution in [0.15, 0.2) is 47.6 Å². The maximum Gasteiger partial charge on any atom is 0.213 e. The minimum absolute atomic E-state index is 0.315. The van der Waals surface area contributed by atoms with E-state index in [-0.39, 0.29) is 5.54 Å². The first-order valence-electron chi connectivity index (χ1n) is 8.25. The minimum atomic E-state index is -0.315. The molecule has 2 bridgehead atoms. The van der Waals surface area contributed by atoms with Gasteiger partial charge < -0.3 is 4.74 Å². The molecular weight excluding hydrogens is 298 g/mol. The number of rotatable bonds is 4. The Morgan fingerprint density at radius 1 is 1.58 bits per heavy atom. The van der Waals surface area contributed by atoms with Crippen LogP contribution in [0, 0.1) is 17.2 Å². The van der Waals surface area contributed by atoms with Crippen LogP contribution in [0.4, 0.5) is 0 Å². The van der Waals surface area contributed by atoms with Crippen molar-refractivity contribution in [3.05, 3.63) is 58.8 Å². The monoisotopic (exact) mass is 321 g/mol. The van der Waals surface area contributed by atoms with Gasteiger partial charge in [0.25, 0.3) is 0 Å². The van der Waals surface area contributed by atoms with Gasteiger partial charge in [-0.2, -0.15) is 5.26 Å². The predicted molar refractivity (Wildman–Crippen MR) is 94.5 cm³/mol. The van der Waals surface area contributed by atoms with Crippen molar-refractivity contribution in [2.45, 2.75) is 32.2 Å². The van der Waals surface area contributed by atoms with Gasteiger partial charge in [0.1, 0.15) is 0 Å². The summed E-state index contributed by atoms with van der Waals surface area (Å²) in [5, 5.41) is 12.7. The van der Waals surface area contributed by atoms with Crippen molar-refractivity contribution in [2.75, 3.05) is 13.7 Å². The topological polar surface area (TPSA) is 57.9 Å². The molecule has 0 aromatic carbocycles. The lowest BCUT2D eigenvalue weighted by molar-refractivity contribution is 0.329. The molecule has 0 radical (unpaired) electrons. The molecule has 1 heterocycles. The second-order valence-electron chi connectivity index (χ2n) is 6.57. The molecule has 3 rings (SSSR count). The fourth-order valence-electron chi connectivity index (χ4n) is 4.11. The van der Waals surface area contributed by atoms with Crippen molar-refractivity contribution >= 4 is 0 Å². The molecule has 0 saturated heterocycles. The number of nitrogens with zero attached hydrogens (tertiary/aromatic N) is 2. The summed E-state index contributed by atoms with van der Waals surface area (Å²) in [4.78, 5) is 4.69. The van der Waals surface area contributed by atoms with Crippen molar-refractivity contribution < 1.29 is 4.74 Å². The lowest BCUT2D eigenvalue weighted by atomic mass is 9.63. The van der Waals surface area contributed by atoms with E-state index in [1.807, 2.05) is 6.07 Å². The van der Waals surface area contributed by atoms with E-state index < -0.39 is 0 Å². The quantitative estimate of drug-likeness (QED) is 0.682. The fourth-order valence-corrected chi connectivity index (χ4v) is 4.11. The largest absolute Gasteiger partial charge is 0.481 e. The van der Waals surface area contributed by atoms with Gasteiger partial charge in [-0.1, -0.05) is 24.3 Å². The first-order valence-corrected chi connectivity index (χ1v) is 8.25. The zero-order valence-corrected chi connectivity index (χ0v) is 14.5. The van der Waals surface area contributed by atoms with Crippen LogP contribution >= 0.6 is 0 Å². The Morgan fingerprint density at radius 3 is 3.04 bits per heavy atom. The zero-order valence-electron chi connectivity index (χ0n) is 14.5. The summed E-state index contributed by atoms with van der Waals surface area (Å²) in [5.74, 6) is 0.978. The molecule has 0 spiro atoms. The fraction of sp³-hybridized carbons (Fsp3) is 0.400. The number of fused-ring (bicyclic) bond motifs is 4. The number of nitrogens with one attached hydrogen (secondary N) is 1. The van der Waals surface area contributed by atoms with Gasteiger partial charge in [-0.05, 0) is 37.5 Å². The Hall–Kier alpha value is -2.38. The van der Waals surface area contributed by atoms with Gasteiger partial charge in [-0.3, -0.25) is 5.32 Å². The van der Waals surface area contributed by atoms with Crippen LogP contribution in [-0.4, -0.2) is 18.6 Å². The van der Waals surface area contributed by atoms with Gasteiger partial charge in [0, 0.05) is 30.5 Å². The molecule has 0 fully saturated rings. The van der Waals surface area contributed by atoms with E-state index in [0.29, 0.717) is 23.9 Å². The zero-order chi connectivity index (χ0) is 17.3. The molecule has 1 aromatic rings. The van der Waals surface area contributed by atoms with Gasteiger partial charge in [-0.25, -0.2) is 4.98 Å². The standard InChI is InChI=1S/C20H23N3O/c1-5-16-15-8-13(2)10-20(16,22-12-14(3)11-21)17-6-7-19(24-4)23-18(17)9-15/h5-8,15,22H,3,9-10,12H2,1-2,4H3/b16-5+/t15-,20+/m0/s1. The van der Waals surface area contributed by atoms with Crippen LogP contribution in [-0.2, 0) is 12.0 Å². The van der Waals surface area contributed by atoms with Crippen LogP contribution in [0.5, 0.6) is 5.88 Å². The average molecular weight is 321 g/mol. The van der Waals surface area contributed by atoms with E-state index in [9.17, 15) is 0 Å². The Labute approximate surface area is 143 Å². The molecule has 24 heavy (non-hydrogen) atoms. The summed E-state index contributed by atoms with van der Waals surface area (Å²) in [7, 11) is 1.64. The predicted octanol–water partition coefficient (Wildman–Crippen LogP) is 3.42. The number of pyridine rings is 1. The van der Waals surface area contributed by atoms with E-state index in [1.54, 1.807) is 7.11 Å². The van der Waals surface area contributed by atoms with Crippen LogP contribution in [0.2, 0.25) is 0 Å². The SMILES string of the molecule is C=C(C#N)CN[C@@]12CC(C)=C[C@@H](Cc3nc(OC)ccc31)/C2=C\C. The van der Waals surface area contributed by atoms with Crippen molar-refractivity contribution in [2.24, 2.45) is 5.92 Å². The third kappa shape index (κ3) is 2.55. The molecule has 2 atom stereocenters. The summed E-state index contributed by atoms with van der Waals surface area (Å²) in [6.07, 6.45) is 6.32. The van der Waals surface area contributed by atoms with Gasteiger partial charge in [-0.15, -0.1) is 0 Å². The van der Waals surface area contributed by atoms with Crippen molar-refractivity contribution in [3.8, 4) is 11.9 Å². The lowest BCUT2D eigenvalue weighted by Gasteiger charge is -2.48. The van der Waals surface area contributed by atoms with Crippen molar-refractivity contribution in [1.29, 1.82) is 5.26 Å². The molecule has 4 nitrogen and oxygen atoms in total. The normalized spacial score (nSPS) is 26.3. The number of ether oxygens (including phenoxy) is 1. The highest BCUT2D eigenvalue weighted by Gasteiger charge is 2.46. The van der Waals surface area contributed by atoms with E-state index in [1.165, 1.54) is 16.7 Å². The van der Waals surface area contributed by atoms with Crippen LogP contribution in [0.25, 0.3) is 0 Å². The lowest BCUT2D eigenvalue weighted by Crippen LogP contribution is -2.51. The average Bonchev–Trinajstić information content (AvgIpc) is 2.58. The highest BCUT2D eigenvalue weighted by molar-refractivity contribution is 5.50. The molecule has 0 amide bonds. The molecule has 2 aliphatic rings. The van der Waals surface area contributed by atoms with Gasteiger partial charge >= 0.3 is 0 Å². The number of hydrogen-bond donors (Lipinski definition) is 1. The Balaban J connectivity index is 2.14. The summed E-state index contributed by atoms with van der Waals surface area (Å²) >= 11 is 0. The number of allylic oxidation sites excluding steroid dienone is 2. The Kier molecular flexibility index (Phi) is 4.29. The molecule has 124 valence electrons. The van der Waals surface area contributed by atoms with Crippen LogP contribution in [0.1, 0.15) is 31.5 Å². The van der Waals surface area contributed by atoms with E-state index in [2.05, 4.69) is 50.0 Å².